The molecule has 0 spiro atoms. The first kappa shape index (κ1) is 14.4. The van der Waals surface area contributed by atoms with Crippen LogP contribution in [0.25, 0.3) is 0 Å². The van der Waals surface area contributed by atoms with Crippen LogP contribution < -0.4 is 5.73 Å². The van der Waals surface area contributed by atoms with Crippen molar-refractivity contribution in [3.8, 4) is 0 Å². The quantitative estimate of drug-likeness (QED) is 0.922. The molecule has 4 nitrogen and oxygen atoms in total. The Morgan fingerprint density at radius 2 is 2.26 bits per heavy atom. The summed E-state index contributed by atoms with van der Waals surface area (Å²) >= 11 is 7.84. The molecule has 0 saturated heterocycles. The maximum Gasteiger partial charge on any atom is 0.195 e. The first-order valence-corrected chi connectivity index (χ1v) is 7.35. The zero-order valence-electron chi connectivity index (χ0n) is 11.0. The Balaban J connectivity index is 2.12. The molecular formula is C13H17ClN4S. The van der Waals surface area contributed by atoms with Crippen LogP contribution in [0.5, 0.6) is 0 Å². The Labute approximate surface area is 122 Å². The van der Waals surface area contributed by atoms with Crippen LogP contribution >= 0.6 is 23.4 Å². The molecule has 2 rings (SSSR count). The van der Waals surface area contributed by atoms with Crippen LogP contribution in [-0.4, -0.2) is 20.8 Å². The van der Waals surface area contributed by atoms with Crippen LogP contribution in [0.15, 0.2) is 34.6 Å². The summed E-state index contributed by atoms with van der Waals surface area (Å²) < 4.78 is 1.87. The highest BCUT2D eigenvalue weighted by Gasteiger charge is 2.09. The third kappa shape index (κ3) is 3.72. The molecule has 0 radical (unpaired) electrons. The van der Waals surface area contributed by atoms with E-state index < -0.39 is 0 Å². The van der Waals surface area contributed by atoms with E-state index in [0.29, 0.717) is 0 Å². The van der Waals surface area contributed by atoms with Gasteiger partial charge in [0.2, 0.25) is 0 Å². The fourth-order valence-corrected chi connectivity index (χ4v) is 2.78. The predicted octanol–water partition coefficient (Wildman–Crippen LogP) is 2.90. The fraction of sp³-hybridized carbons (Fsp3) is 0.385. The Hall–Kier alpha value is -1.04. The van der Waals surface area contributed by atoms with Crippen LogP contribution in [0.2, 0.25) is 5.02 Å². The molecule has 102 valence electrons. The molecule has 1 heterocycles. The van der Waals surface area contributed by atoms with Crippen molar-refractivity contribution in [2.45, 2.75) is 35.9 Å². The zero-order chi connectivity index (χ0) is 13.8. The molecule has 1 unspecified atom stereocenters. The van der Waals surface area contributed by atoms with Crippen molar-refractivity contribution in [2.75, 3.05) is 0 Å². The predicted molar refractivity (Wildman–Crippen MR) is 78.5 cm³/mol. The molecule has 0 amide bonds. The molecule has 2 N–H and O–H groups in total. The minimum absolute atomic E-state index is 0.162. The van der Waals surface area contributed by atoms with E-state index in [9.17, 15) is 0 Å². The number of rotatable bonds is 5. The van der Waals surface area contributed by atoms with Gasteiger partial charge in [-0.2, -0.15) is 0 Å². The maximum absolute atomic E-state index is 6.30. The number of aryl methyl sites for hydroxylation is 1. The highest BCUT2D eigenvalue weighted by molar-refractivity contribution is 7.99. The normalized spacial score (nSPS) is 12.6. The van der Waals surface area contributed by atoms with Crippen molar-refractivity contribution >= 4 is 23.4 Å². The number of nitrogens with two attached hydrogens (primary N) is 1. The lowest BCUT2D eigenvalue weighted by Crippen LogP contribution is -2.21. The molecule has 19 heavy (non-hydrogen) atoms. The van der Waals surface area contributed by atoms with Crippen LogP contribution in [-0.2, 0) is 13.5 Å². The van der Waals surface area contributed by atoms with E-state index in [1.165, 1.54) is 0 Å². The summed E-state index contributed by atoms with van der Waals surface area (Å²) in [5.74, 6) is 0. The van der Waals surface area contributed by atoms with Crippen LogP contribution in [0.3, 0.4) is 0 Å². The van der Waals surface area contributed by atoms with E-state index in [-0.39, 0.29) is 6.04 Å². The van der Waals surface area contributed by atoms with Crippen molar-refractivity contribution < 1.29 is 0 Å². The number of nitrogens with zero attached hydrogens (tertiary/aromatic N) is 3. The summed E-state index contributed by atoms with van der Waals surface area (Å²) in [7, 11) is 1.92. The largest absolute Gasteiger partial charge is 0.327 e. The summed E-state index contributed by atoms with van der Waals surface area (Å²) in [6.07, 6.45) is 3.44. The monoisotopic (exact) mass is 296 g/mol. The average Bonchev–Trinajstić information content (AvgIpc) is 2.78. The summed E-state index contributed by atoms with van der Waals surface area (Å²) in [6.45, 7) is 2.08. The van der Waals surface area contributed by atoms with Crippen molar-refractivity contribution in [2.24, 2.45) is 12.8 Å². The van der Waals surface area contributed by atoms with Crippen LogP contribution in [0.1, 0.15) is 18.9 Å². The number of hydrogen-bond donors (Lipinski definition) is 1. The Morgan fingerprint density at radius 1 is 1.47 bits per heavy atom. The molecular weight excluding hydrogens is 280 g/mol. The molecule has 0 aliphatic carbocycles. The van der Waals surface area contributed by atoms with Gasteiger partial charge < -0.3 is 10.3 Å². The molecule has 0 bridgehead atoms. The minimum atomic E-state index is 0.162. The van der Waals surface area contributed by atoms with Crippen molar-refractivity contribution in [3.05, 3.63) is 35.1 Å². The highest BCUT2D eigenvalue weighted by atomic mass is 35.5. The lowest BCUT2D eigenvalue weighted by molar-refractivity contribution is 0.646. The van der Waals surface area contributed by atoms with Crippen molar-refractivity contribution in [3.63, 3.8) is 0 Å². The standard InChI is InChI=1S/C13H17ClN4S/c1-3-10(15)6-9-4-5-11(7-12(9)14)19-13-17-16-8-18(13)2/h4-5,7-8,10H,3,6,15H2,1-2H3. The smallest absolute Gasteiger partial charge is 0.195 e. The highest BCUT2D eigenvalue weighted by Crippen LogP contribution is 2.29. The third-order valence-corrected chi connectivity index (χ3v) is 4.30. The lowest BCUT2D eigenvalue weighted by Gasteiger charge is -2.11. The van der Waals surface area contributed by atoms with Crippen LogP contribution in [0, 0.1) is 0 Å². The Morgan fingerprint density at radius 3 is 2.84 bits per heavy atom. The molecule has 1 aromatic carbocycles. The second-order valence-corrected chi connectivity index (χ2v) is 5.90. The van der Waals surface area contributed by atoms with Gasteiger partial charge in [-0.1, -0.05) is 24.6 Å². The molecule has 1 atom stereocenters. The molecule has 2 aromatic rings. The van der Waals surface area contributed by atoms with Gasteiger partial charge in [-0.25, -0.2) is 0 Å². The van der Waals surface area contributed by atoms with Gasteiger partial charge in [0.1, 0.15) is 6.33 Å². The first-order chi connectivity index (χ1) is 9.10. The lowest BCUT2D eigenvalue weighted by atomic mass is 10.1. The minimum Gasteiger partial charge on any atom is -0.327 e. The van der Waals surface area contributed by atoms with E-state index >= 15 is 0 Å². The fourth-order valence-electron chi connectivity index (χ4n) is 1.65. The first-order valence-electron chi connectivity index (χ1n) is 6.16. The zero-order valence-corrected chi connectivity index (χ0v) is 12.6. The molecule has 0 fully saturated rings. The SMILES string of the molecule is CCC(N)Cc1ccc(Sc2nncn2C)cc1Cl. The molecule has 0 saturated carbocycles. The Bertz CT molecular complexity index is 555. The Kier molecular flexibility index (Phi) is 4.85. The van der Waals surface area contributed by atoms with E-state index in [2.05, 4.69) is 17.1 Å². The molecule has 0 aliphatic rings. The van der Waals surface area contributed by atoms with Gasteiger partial charge in [0, 0.05) is 23.0 Å². The number of hydrogen-bond acceptors (Lipinski definition) is 4. The third-order valence-electron chi connectivity index (χ3n) is 2.91. The van der Waals surface area contributed by atoms with Gasteiger partial charge in [0.25, 0.3) is 0 Å². The molecule has 6 heteroatoms. The summed E-state index contributed by atoms with van der Waals surface area (Å²) in [4.78, 5) is 1.05. The number of aromatic nitrogens is 3. The summed E-state index contributed by atoms with van der Waals surface area (Å²) in [5.41, 5.74) is 7.05. The number of benzene rings is 1. The second-order valence-electron chi connectivity index (χ2n) is 4.45. The van der Waals surface area contributed by atoms with Crippen LogP contribution in [0.4, 0.5) is 0 Å². The van der Waals surface area contributed by atoms with Gasteiger partial charge >= 0.3 is 0 Å². The van der Waals surface area contributed by atoms with E-state index in [0.717, 1.165) is 33.5 Å². The topological polar surface area (TPSA) is 56.7 Å². The summed E-state index contributed by atoms with van der Waals surface area (Å²) in [5, 5.41) is 9.49. The maximum atomic E-state index is 6.30. The van der Waals surface area contributed by atoms with Gasteiger partial charge in [0.15, 0.2) is 5.16 Å². The van der Waals surface area contributed by atoms with Gasteiger partial charge in [-0.15, -0.1) is 10.2 Å². The van der Waals surface area contributed by atoms with Gasteiger partial charge in [0.05, 0.1) is 0 Å². The van der Waals surface area contributed by atoms with E-state index in [1.54, 1.807) is 18.1 Å². The number of halogens is 1. The van der Waals surface area contributed by atoms with Gasteiger partial charge in [-0.3, -0.25) is 0 Å². The van der Waals surface area contributed by atoms with E-state index in [1.807, 2.05) is 29.8 Å². The summed E-state index contributed by atoms with van der Waals surface area (Å²) in [6, 6.07) is 6.20. The van der Waals surface area contributed by atoms with Gasteiger partial charge in [-0.05, 0) is 42.3 Å². The van der Waals surface area contributed by atoms with Crippen molar-refractivity contribution in [1.82, 2.24) is 14.8 Å². The average molecular weight is 297 g/mol. The molecule has 1 aromatic heterocycles. The van der Waals surface area contributed by atoms with E-state index in [4.69, 9.17) is 17.3 Å². The molecule has 0 aliphatic heterocycles. The second kappa shape index (κ2) is 6.41. The van der Waals surface area contributed by atoms with Crippen molar-refractivity contribution in [1.29, 1.82) is 0 Å².